The van der Waals surface area contributed by atoms with Gasteiger partial charge < -0.3 is 14.6 Å². The number of nitrogens with zero attached hydrogens (tertiary/aromatic N) is 3. The van der Waals surface area contributed by atoms with Gasteiger partial charge in [-0.3, -0.25) is 4.79 Å². The van der Waals surface area contributed by atoms with E-state index in [1.807, 2.05) is 19.9 Å². The molecule has 1 aliphatic heterocycles. The number of aromatic nitrogens is 3. The number of rotatable bonds is 9. The summed E-state index contributed by atoms with van der Waals surface area (Å²) in [5, 5.41) is 12.1. The summed E-state index contributed by atoms with van der Waals surface area (Å²) >= 11 is 2.80. The van der Waals surface area contributed by atoms with Crippen LogP contribution in [0.25, 0.3) is 0 Å². The van der Waals surface area contributed by atoms with Crippen LogP contribution in [0.15, 0.2) is 34.7 Å². The highest BCUT2D eigenvalue weighted by Gasteiger charge is 2.21. The van der Waals surface area contributed by atoms with E-state index in [9.17, 15) is 9.18 Å². The summed E-state index contributed by atoms with van der Waals surface area (Å²) in [7, 11) is 0. The van der Waals surface area contributed by atoms with Crippen LogP contribution in [-0.4, -0.2) is 39.0 Å². The van der Waals surface area contributed by atoms with Crippen LogP contribution in [0.1, 0.15) is 40.2 Å². The second-order valence-electron chi connectivity index (χ2n) is 7.60. The molecule has 2 aromatic heterocycles. The zero-order valence-electron chi connectivity index (χ0n) is 17.6. The van der Waals surface area contributed by atoms with Crippen molar-refractivity contribution in [1.29, 1.82) is 0 Å². The Morgan fingerprint density at radius 3 is 2.87 bits per heavy atom. The smallest absolute Gasteiger partial charge is 0.206 e. The number of hydrogen-bond acceptors (Lipinski definition) is 7. The van der Waals surface area contributed by atoms with Gasteiger partial charge in [0, 0.05) is 36.6 Å². The third kappa shape index (κ3) is 5.53. The van der Waals surface area contributed by atoms with Crippen molar-refractivity contribution in [3.8, 4) is 0 Å². The minimum absolute atomic E-state index is 0.0905. The van der Waals surface area contributed by atoms with Crippen LogP contribution in [0.4, 0.5) is 9.52 Å². The maximum absolute atomic E-state index is 13.0. The molecule has 1 aromatic carbocycles. The Bertz CT molecular complexity index is 1040. The summed E-state index contributed by atoms with van der Waals surface area (Å²) in [6.45, 7) is 6.21. The Morgan fingerprint density at radius 1 is 1.32 bits per heavy atom. The van der Waals surface area contributed by atoms with Gasteiger partial charge in [-0.2, -0.15) is 0 Å². The van der Waals surface area contributed by atoms with Gasteiger partial charge in [-0.25, -0.2) is 4.39 Å². The quantitative estimate of drug-likeness (QED) is 0.363. The van der Waals surface area contributed by atoms with E-state index in [0.29, 0.717) is 17.4 Å². The lowest BCUT2D eigenvalue weighted by Gasteiger charge is -2.14. The summed E-state index contributed by atoms with van der Waals surface area (Å²) in [5.74, 6) is 0.153. The monoisotopic (exact) mass is 460 g/mol. The van der Waals surface area contributed by atoms with Crippen LogP contribution in [0.5, 0.6) is 0 Å². The summed E-state index contributed by atoms with van der Waals surface area (Å²) in [6, 6.07) is 8.30. The molecule has 3 aromatic rings. The van der Waals surface area contributed by atoms with Gasteiger partial charge >= 0.3 is 0 Å². The molecule has 0 spiro atoms. The number of Topliss-reactive ketones (excluding diaryl/α,β-unsaturated/α-hetero) is 1. The average molecular weight is 461 g/mol. The zero-order valence-corrected chi connectivity index (χ0v) is 19.2. The van der Waals surface area contributed by atoms with Gasteiger partial charge in [0.05, 0.1) is 11.9 Å². The summed E-state index contributed by atoms with van der Waals surface area (Å²) < 4.78 is 21.7. The van der Waals surface area contributed by atoms with E-state index in [-0.39, 0.29) is 17.7 Å². The second kappa shape index (κ2) is 9.93. The third-order valence-corrected chi connectivity index (χ3v) is 7.39. The van der Waals surface area contributed by atoms with E-state index in [0.717, 1.165) is 52.8 Å². The first-order valence-corrected chi connectivity index (χ1v) is 12.1. The van der Waals surface area contributed by atoms with E-state index < -0.39 is 0 Å². The Morgan fingerprint density at radius 2 is 2.13 bits per heavy atom. The van der Waals surface area contributed by atoms with E-state index in [1.165, 1.54) is 35.2 Å². The Kier molecular flexibility index (Phi) is 7.04. The number of ketones is 1. The first-order chi connectivity index (χ1) is 15.0. The van der Waals surface area contributed by atoms with Crippen molar-refractivity contribution in [2.75, 3.05) is 17.7 Å². The highest BCUT2D eigenvalue weighted by atomic mass is 32.2. The molecule has 0 unspecified atom stereocenters. The van der Waals surface area contributed by atoms with Gasteiger partial charge in [0.25, 0.3) is 0 Å². The molecule has 164 valence electrons. The van der Waals surface area contributed by atoms with Gasteiger partial charge in [0.1, 0.15) is 5.82 Å². The zero-order chi connectivity index (χ0) is 21.8. The lowest BCUT2D eigenvalue weighted by Crippen LogP contribution is -2.17. The summed E-state index contributed by atoms with van der Waals surface area (Å²) in [5.41, 5.74) is 3.81. The lowest BCUT2D eigenvalue weighted by atomic mass is 10.2. The number of carbonyl (C=O) groups is 1. The van der Waals surface area contributed by atoms with E-state index in [4.69, 9.17) is 4.74 Å². The van der Waals surface area contributed by atoms with Crippen molar-refractivity contribution < 1.29 is 13.9 Å². The summed E-state index contributed by atoms with van der Waals surface area (Å²) in [6.07, 6.45) is 2.42. The molecule has 4 rings (SSSR count). The molecule has 1 fully saturated rings. The van der Waals surface area contributed by atoms with Crippen molar-refractivity contribution in [2.45, 2.75) is 50.2 Å². The largest absolute Gasteiger partial charge is 0.376 e. The maximum Gasteiger partial charge on any atom is 0.206 e. The number of hydrogen-bond donors (Lipinski definition) is 1. The van der Waals surface area contributed by atoms with Crippen LogP contribution in [0.3, 0.4) is 0 Å². The summed E-state index contributed by atoms with van der Waals surface area (Å²) in [4.78, 5) is 12.8. The molecular formula is C22H25FN4O2S2. The van der Waals surface area contributed by atoms with Crippen molar-refractivity contribution in [3.05, 3.63) is 58.7 Å². The number of anilines is 1. The SMILES string of the molecule is Cc1cc(C(=O)CSc2nnc(NCc3ccc(F)cc3)s2)c(C)n1C[C@@H]1CCCO1. The van der Waals surface area contributed by atoms with Gasteiger partial charge in [-0.05, 0) is 50.5 Å². The van der Waals surface area contributed by atoms with Crippen LogP contribution in [-0.2, 0) is 17.8 Å². The van der Waals surface area contributed by atoms with Gasteiger partial charge in [-0.15, -0.1) is 10.2 Å². The fourth-order valence-electron chi connectivity index (χ4n) is 3.68. The number of nitrogens with one attached hydrogen (secondary N) is 1. The minimum Gasteiger partial charge on any atom is -0.376 e. The second-order valence-corrected chi connectivity index (χ2v) is 9.80. The van der Waals surface area contributed by atoms with E-state index in [1.54, 1.807) is 12.1 Å². The Balaban J connectivity index is 1.31. The van der Waals surface area contributed by atoms with Gasteiger partial charge in [0.2, 0.25) is 5.13 Å². The van der Waals surface area contributed by atoms with Crippen LogP contribution in [0, 0.1) is 19.7 Å². The third-order valence-electron chi connectivity index (χ3n) is 5.37. The van der Waals surface area contributed by atoms with Crippen molar-refractivity contribution >= 4 is 34.0 Å². The van der Waals surface area contributed by atoms with Crippen molar-refractivity contribution in [3.63, 3.8) is 0 Å². The van der Waals surface area contributed by atoms with E-state index >= 15 is 0 Å². The van der Waals surface area contributed by atoms with Crippen molar-refractivity contribution in [1.82, 2.24) is 14.8 Å². The number of benzene rings is 1. The molecule has 0 aliphatic carbocycles. The lowest BCUT2D eigenvalue weighted by molar-refractivity contribution is 0.0957. The minimum atomic E-state index is -0.254. The predicted molar refractivity (Wildman–Crippen MR) is 122 cm³/mol. The molecule has 31 heavy (non-hydrogen) atoms. The fourth-order valence-corrected chi connectivity index (χ4v) is 5.31. The standard InChI is InChI=1S/C22H25FN4O2S2/c1-14-10-19(15(2)27(14)12-18-4-3-9-29-18)20(28)13-30-22-26-25-21(31-22)24-11-16-5-7-17(23)8-6-16/h5-8,10,18H,3-4,9,11-13H2,1-2H3,(H,24,25)/t18-/m0/s1. The molecule has 1 N–H and O–H groups in total. The first kappa shape index (κ1) is 22.0. The maximum atomic E-state index is 13.0. The molecule has 0 saturated carbocycles. The predicted octanol–water partition coefficient (Wildman–Crippen LogP) is 4.86. The molecule has 0 radical (unpaired) electrons. The number of aryl methyl sites for hydroxylation is 1. The molecule has 9 heteroatoms. The first-order valence-electron chi connectivity index (χ1n) is 10.3. The van der Waals surface area contributed by atoms with Crippen molar-refractivity contribution in [2.24, 2.45) is 0 Å². The average Bonchev–Trinajstić information content (AvgIpc) is 3.50. The normalized spacial score (nSPS) is 16.0. The molecule has 0 bridgehead atoms. The Hall–Kier alpha value is -2.23. The molecular weight excluding hydrogens is 435 g/mol. The number of thioether (sulfide) groups is 1. The molecule has 0 amide bonds. The Labute approximate surface area is 189 Å². The number of carbonyl (C=O) groups excluding carboxylic acids is 1. The highest BCUT2D eigenvalue weighted by Crippen LogP contribution is 2.28. The molecule has 1 aliphatic rings. The van der Waals surface area contributed by atoms with Crippen LogP contribution in [0.2, 0.25) is 0 Å². The van der Waals surface area contributed by atoms with E-state index in [2.05, 4.69) is 20.1 Å². The number of ether oxygens (including phenoxy) is 1. The van der Waals surface area contributed by atoms with Crippen LogP contribution < -0.4 is 5.32 Å². The number of halogens is 1. The molecule has 1 saturated heterocycles. The van der Waals surface area contributed by atoms with Gasteiger partial charge in [0.15, 0.2) is 10.1 Å². The molecule has 6 nitrogen and oxygen atoms in total. The molecule has 1 atom stereocenters. The highest BCUT2D eigenvalue weighted by molar-refractivity contribution is 8.01. The fraction of sp³-hybridized carbons (Fsp3) is 0.409. The molecule has 3 heterocycles. The van der Waals surface area contributed by atoms with Gasteiger partial charge in [-0.1, -0.05) is 35.2 Å². The topological polar surface area (TPSA) is 69.0 Å². The van der Waals surface area contributed by atoms with Crippen LogP contribution >= 0.6 is 23.1 Å².